The molecule has 0 bridgehead atoms. The highest BCUT2D eigenvalue weighted by molar-refractivity contribution is 6.08. The van der Waals surface area contributed by atoms with Crippen LogP contribution in [0.5, 0.6) is 5.75 Å². The zero-order chi connectivity index (χ0) is 62.7. The van der Waals surface area contributed by atoms with Crippen LogP contribution in [0.2, 0.25) is 0 Å². The number of carbonyl (C=O) groups is 8. The van der Waals surface area contributed by atoms with Gasteiger partial charge in [0.05, 0.1) is 18.3 Å². The minimum atomic E-state index is -1.69. The second-order valence-corrected chi connectivity index (χ2v) is 22.3. The number of nitrogens with zero attached hydrogens (tertiary/aromatic N) is 3. The number of phenols is 1. The number of guanidine groups is 1. The Bertz CT molecular complexity index is 3400. The lowest BCUT2D eigenvalue weighted by molar-refractivity contribution is -0.141. The van der Waals surface area contributed by atoms with Crippen LogP contribution >= 0.6 is 0 Å². The van der Waals surface area contributed by atoms with E-state index in [0.29, 0.717) is 40.6 Å². The van der Waals surface area contributed by atoms with Gasteiger partial charge in [-0.15, -0.1) is 0 Å². The lowest BCUT2D eigenvalue weighted by Crippen LogP contribution is -2.61. The number of nitrogens with two attached hydrogens (primary N) is 3. The molecule has 1 aromatic heterocycles. The van der Waals surface area contributed by atoms with E-state index in [1.165, 1.54) is 53.1 Å². The molecule has 87 heavy (non-hydrogen) atoms. The third-order valence-corrected chi connectivity index (χ3v) is 15.4. The Kier molecular flexibility index (Phi) is 23.5. The lowest BCUT2D eigenvalue weighted by Gasteiger charge is -2.31. The summed E-state index contributed by atoms with van der Waals surface area (Å²) in [7, 11) is 0. The van der Waals surface area contributed by atoms with Crippen molar-refractivity contribution in [3.63, 3.8) is 0 Å². The van der Waals surface area contributed by atoms with E-state index < -0.39 is 96.1 Å². The SMILES string of the molecule is CC(C)C[C@H](NC(=O)[C@@H](Cc1c[nH]c2ccccc12)NC(=O)[C@H](Cc1ccc(O)cc1)NC(=O)[C@H](CO)NC(=O)[C@H](C)N(C(=O)CCc1ccc(F)cc1)c1cccc2ccccc12)C(=O)N[C@@H](CCCN=C(N)N)C(=O)N1CCC[C@H]1C(=O)CCN. The average Bonchev–Trinajstić information content (AvgIpc) is 1.85. The highest BCUT2D eigenvalue weighted by Crippen LogP contribution is 2.30. The molecular formula is C64H79FN12O10. The zero-order valence-corrected chi connectivity index (χ0v) is 49.2. The van der Waals surface area contributed by atoms with Gasteiger partial charge in [0.1, 0.15) is 47.8 Å². The number of likely N-dealkylation sites (tertiary alicyclic amines) is 1. The normalized spacial score (nSPS) is 15.1. The van der Waals surface area contributed by atoms with Gasteiger partial charge in [0.25, 0.3) is 0 Å². The van der Waals surface area contributed by atoms with E-state index in [-0.39, 0.29) is 94.4 Å². The molecule has 462 valence electrons. The fraction of sp³-hybridized carbons (Fsp3) is 0.391. The zero-order valence-electron chi connectivity index (χ0n) is 49.2. The van der Waals surface area contributed by atoms with Crippen molar-refractivity contribution in [3.05, 3.63) is 144 Å². The number of Topliss-reactive ketones (excluding diaryl/α,β-unsaturated/α-hetero) is 1. The van der Waals surface area contributed by atoms with Crippen molar-refractivity contribution in [2.75, 3.05) is 31.1 Å². The Balaban J connectivity index is 1.15. The number of aryl methyl sites for hydroxylation is 1. The average molecular weight is 1200 g/mol. The number of aromatic nitrogens is 1. The topological polar surface area (TPSA) is 350 Å². The molecule has 5 aromatic carbocycles. The maximum Gasteiger partial charge on any atom is 0.245 e. The maximum atomic E-state index is 15.0. The van der Waals surface area contributed by atoms with Gasteiger partial charge in [-0.05, 0) is 116 Å². The van der Waals surface area contributed by atoms with E-state index in [1.54, 1.807) is 48.7 Å². The molecule has 0 saturated carbocycles. The summed E-state index contributed by atoms with van der Waals surface area (Å²) in [6.45, 7) is 4.71. The van der Waals surface area contributed by atoms with Crippen molar-refractivity contribution in [2.24, 2.45) is 28.1 Å². The van der Waals surface area contributed by atoms with Gasteiger partial charge >= 0.3 is 0 Å². The number of benzene rings is 5. The number of carbonyl (C=O) groups excluding carboxylic acids is 8. The number of aliphatic imine (C=N–C) groups is 1. The number of hydrogen-bond acceptors (Lipinski definition) is 12. The number of aliphatic hydroxyl groups excluding tert-OH is 1. The molecule has 7 atom stereocenters. The summed E-state index contributed by atoms with van der Waals surface area (Å²) in [6.07, 6.45) is 2.94. The van der Waals surface area contributed by atoms with E-state index in [2.05, 4.69) is 36.6 Å². The minimum Gasteiger partial charge on any atom is -0.508 e. The van der Waals surface area contributed by atoms with E-state index in [9.17, 15) is 53.0 Å². The fourth-order valence-electron chi connectivity index (χ4n) is 10.8. The second kappa shape index (κ2) is 31.3. The van der Waals surface area contributed by atoms with E-state index in [4.69, 9.17) is 17.2 Å². The molecule has 23 heteroatoms. The van der Waals surface area contributed by atoms with E-state index >= 15 is 0 Å². The van der Waals surface area contributed by atoms with Gasteiger partial charge < -0.3 is 63.9 Å². The van der Waals surface area contributed by atoms with Crippen molar-refractivity contribution >= 4 is 80.5 Å². The summed E-state index contributed by atoms with van der Waals surface area (Å²) >= 11 is 0. The number of anilines is 1. The number of halogens is 1. The van der Waals surface area contributed by atoms with E-state index in [0.717, 1.165) is 16.3 Å². The van der Waals surface area contributed by atoms with Crippen LogP contribution in [0.15, 0.2) is 126 Å². The van der Waals surface area contributed by atoms with Gasteiger partial charge in [0.15, 0.2) is 11.7 Å². The summed E-state index contributed by atoms with van der Waals surface area (Å²) in [5, 5.41) is 36.9. The number of aromatic hydroxyl groups is 1. The fourth-order valence-corrected chi connectivity index (χ4v) is 10.8. The minimum absolute atomic E-state index is 0.0691. The van der Waals surface area contributed by atoms with Crippen LogP contribution in [0.3, 0.4) is 0 Å². The molecule has 0 unspecified atom stereocenters. The first-order valence-electron chi connectivity index (χ1n) is 29.3. The Morgan fingerprint density at radius 2 is 1.30 bits per heavy atom. The van der Waals surface area contributed by atoms with Crippen LogP contribution in [0.25, 0.3) is 21.7 Å². The first-order valence-corrected chi connectivity index (χ1v) is 29.3. The van der Waals surface area contributed by atoms with Gasteiger partial charge in [-0.2, -0.15) is 0 Å². The molecule has 1 aliphatic heterocycles. The number of para-hydroxylation sites is 1. The molecule has 22 nitrogen and oxygen atoms in total. The Labute approximate surface area is 504 Å². The molecule has 7 amide bonds. The number of hydrogen-bond donors (Lipinski definition) is 11. The Hall–Kier alpha value is -9.22. The van der Waals surface area contributed by atoms with Crippen molar-refractivity contribution in [1.29, 1.82) is 0 Å². The summed E-state index contributed by atoms with van der Waals surface area (Å²) in [4.78, 5) is 125. The summed E-state index contributed by atoms with van der Waals surface area (Å²) < 4.78 is 13.8. The molecule has 7 rings (SSSR count). The third-order valence-electron chi connectivity index (χ3n) is 15.4. The lowest BCUT2D eigenvalue weighted by atomic mass is 9.99. The van der Waals surface area contributed by atoms with Crippen LogP contribution in [0.4, 0.5) is 10.1 Å². The van der Waals surface area contributed by atoms with Crippen molar-refractivity contribution in [3.8, 4) is 5.75 Å². The largest absolute Gasteiger partial charge is 0.508 e. The summed E-state index contributed by atoms with van der Waals surface area (Å²) in [5.74, 6) is -6.26. The number of rotatable bonds is 30. The summed E-state index contributed by atoms with van der Waals surface area (Å²) in [6, 6.07) is 22.3. The van der Waals surface area contributed by atoms with E-state index in [1.807, 2.05) is 50.2 Å². The number of amides is 7. The number of aliphatic hydroxyl groups is 1. The van der Waals surface area contributed by atoms with Crippen molar-refractivity contribution in [1.82, 2.24) is 36.5 Å². The van der Waals surface area contributed by atoms with Gasteiger partial charge in [0.2, 0.25) is 41.4 Å². The predicted octanol–water partition coefficient (Wildman–Crippen LogP) is 3.43. The Morgan fingerprint density at radius 3 is 1.98 bits per heavy atom. The number of fused-ring (bicyclic) bond motifs is 2. The van der Waals surface area contributed by atoms with Gasteiger partial charge in [-0.25, -0.2) is 4.39 Å². The van der Waals surface area contributed by atoms with Gasteiger partial charge in [0, 0.05) is 61.3 Å². The Morgan fingerprint density at radius 1 is 0.701 bits per heavy atom. The highest BCUT2D eigenvalue weighted by Gasteiger charge is 2.39. The van der Waals surface area contributed by atoms with Crippen LogP contribution in [0, 0.1) is 11.7 Å². The monoisotopic (exact) mass is 1190 g/mol. The number of H-pyrrole nitrogens is 1. The maximum absolute atomic E-state index is 15.0. The molecule has 2 heterocycles. The molecule has 0 radical (unpaired) electrons. The molecule has 0 spiro atoms. The van der Waals surface area contributed by atoms with Crippen LogP contribution in [0.1, 0.15) is 82.4 Å². The molecule has 6 aromatic rings. The smallest absolute Gasteiger partial charge is 0.245 e. The molecule has 0 aliphatic carbocycles. The number of ketones is 1. The molecule has 14 N–H and O–H groups in total. The first kappa shape index (κ1) is 65.3. The van der Waals surface area contributed by atoms with Crippen molar-refractivity contribution in [2.45, 2.75) is 127 Å². The first-order chi connectivity index (χ1) is 41.7. The standard InChI is InChI=1S/C64H79FN12O10/c1-38(2)33-50(59(83)71-49(16-9-31-69-64(67)68)63(87)76-32-10-18-55(76)56(80)29-30-66)72-61(85)52(35-43-36-70-48-15-7-6-13-46(43)48)74-60(84)51(34-41-21-26-45(79)27-22-41)73-62(86)53(37-78)75-58(82)39(3)77(54-17-8-12-42-11-4-5-14-47(42)54)57(81)28-23-40-19-24-44(65)25-20-40/h4-8,11-15,17,19-22,24-27,36,38-39,49-53,55,70,78-79H,9-10,16,18,23,28-35,37,66H2,1-3H3,(H,71,83)(H,72,85)(H,73,86)(H,74,84)(H,75,82)(H4,67,68,69)/t39-,49-,50-,51-,52+,53-,55-/m0/s1. The molecule has 1 saturated heterocycles. The van der Waals surface area contributed by atoms with Gasteiger partial charge in [-0.1, -0.05) is 92.7 Å². The molecular weight excluding hydrogens is 1120 g/mol. The third kappa shape index (κ3) is 17.9. The van der Waals surface area contributed by atoms with Gasteiger partial charge in [-0.3, -0.25) is 48.2 Å². The summed E-state index contributed by atoms with van der Waals surface area (Å²) in [5.41, 5.74) is 19.7. The number of phenolic OH excluding ortho intramolecular Hbond substituents is 1. The predicted molar refractivity (Wildman–Crippen MR) is 329 cm³/mol. The van der Waals surface area contributed by atoms with Crippen LogP contribution in [-0.2, 0) is 57.6 Å². The highest BCUT2D eigenvalue weighted by atomic mass is 19.1. The number of nitrogens with one attached hydrogen (secondary N) is 6. The number of aromatic amines is 1. The quantitative estimate of drug-likeness (QED) is 0.0175. The van der Waals surface area contributed by atoms with Crippen molar-refractivity contribution < 1.29 is 53.0 Å². The molecule has 1 fully saturated rings. The van der Waals surface area contributed by atoms with Crippen LogP contribution < -0.4 is 48.7 Å². The van der Waals surface area contributed by atoms with Crippen LogP contribution in [-0.4, -0.2) is 142 Å². The second-order valence-electron chi connectivity index (χ2n) is 22.3. The molecule has 1 aliphatic rings.